The number of halogens is 1. The second-order valence-corrected chi connectivity index (χ2v) is 7.47. The minimum Gasteiger partial charge on any atom is -0.383 e. The summed E-state index contributed by atoms with van der Waals surface area (Å²) in [5.41, 5.74) is 11.8. The number of nitrogens with zero attached hydrogens (tertiary/aromatic N) is 2. The molecule has 0 spiro atoms. The Morgan fingerprint density at radius 2 is 1.55 bits per heavy atom. The first-order chi connectivity index (χ1) is 10.4. The Morgan fingerprint density at radius 3 is 2.23 bits per heavy atom. The molecule has 0 bridgehead atoms. The van der Waals surface area contributed by atoms with Gasteiger partial charge in [0.25, 0.3) is 0 Å². The molecule has 2 aromatic carbocycles. The predicted octanol–water partition coefficient (Wildman–Crippen LogP) is 2.39. The lowest BCUT2D eigenvalue weighted by Crippen LogP contribution is -2.04. The Labute approximate surface area is 135 Å². The molecule has 22 heavy (non-hydrogen) atoms. The van der Waals surface area contributed by atoms with Gasteiger partial charge in [0.1, 0.15) is 5.82 Å². The highest BCUT2D eigenvalue weighted by Crippen LogP contribution is 2.27. The van der Waals surface area contributed by atoms with E-state index in [4.69, 9.17) is 11.5 Å². The monoisotopic (exact) mass is 378 g/mol. The van der Waals surface area contributed by atoms with E-state index < -0.39 is 9.84 Å². The van der Waals surface area contributed by atoms with Gasteiger partial charge in [0.2, 0.25) is 15.8 Å². The van der Waals surface area contributed by atoms with Crippen molar-refractivity contribution >= 4 is 48.4 Å². The predicted molar refractivity (Wildman–Crippen MR) is 88.0 cm³/mol. The molecule has 0 aliphatic carbocycles. The van der Waals surface area contributed by atoms with E-state index in [-0.39, 0.29) is 21.6 Å². The van der Waals surface area contributed by atoms with Gasteiger partial charge in [-0.2, -0.15) is 4.98 Å². The zero-order valence-electron chi connectivity index (χ0n) is 11.2. The topological polar surface area (TPSA) is 112 Å². The number of nitrogens with two attached hydrogens (primary N) is 2. The summed E-state index contributed by atoms with van der Waals surface area (Å²) in [5.74, 6) is 0.198. The molecule has 0 fully saturated rings. The molecule has 0 aliphatic rings. The number of benzene rings is 2. The average Bonchev–Trinajstić information content (AvgIpc) is 2.47. The van der Waals surface area contributed by atoms with Crippen molar-refractivity contribution in [1.82, 2.24) is 9.97 Å². The molecule has 112 valence electrons. The summed E-state index contributed by atoms with van der Waals surface area (Å²) < 4.78 is 26.1. The van der Waals surface area contributed by atoms with Gasteiger partial charge in [0.05, 0.1) is 15.3 Å². The summed E-state index contributed by atoms with van der Waals surface area (Å²) in [4.78, 5) is 8.21. The van der Waals surface area contributed by atoms with E-state index in [1.54, 1.807) is 18.2 Å². The van der Waals surface area contributed by atoms with Crippen LogP contribution in [0.25, 0.3) is 10.9 Å². The molecule has 0 unspecified atom stereocenters. The lowest BCUT2D eigenvalue weighted by molar-refractivity contribution is 0.596. The van der Waals surface area contributed by atoms with Gasteiger partial charge in [-0.25, -0.2) is 13.4 Å². The molecule has 1 heterocycles. The van der Waals surface area contributed by atoms with Crippen LogP contribution in [0, 0.1) is 0 Å². The molecular formula is C14H11BrN4O2S. The van der Waals surface area contributed by atoms with Crippen molar-refractivity contribution in [3.05, 3.63) is 46.9 Å². The molecule has 3 rings (SSSR count). The fraction of sp³-hybridized carbons (Fsp3) is 0. The second kappa shape index (κ2) is 5.22. The minimum absolute atomic E-state index is 0.0496. The van der Waals surface area contributed by atoms with E-state index in [9.17, 15) is 8.42 Å². The minimum atomic E-state index is -3.64. The van der Waals surface area contributed by atoms with Crippen molar-refractivity contribution in [3.63, 3.8) is 0 Å². The van der Waals surface area contributed by atoms with E-state index in [0.29, 0.717) is 10.9 Å². The van der Waals surface area contributed by atoms with Crippen LogP contribution in [0.5, 0.6) is 0 Å². The number of aromatic nitrogens is 2. The largest absolute Gasteiger partial charge is 0.383 e. The van der Waals surface area contributed by atoms with Crippen LogP contribution in [0.4, 0.5) is 11.8 Å². The summed E-state index contributed by atoms with van der Waals surface area (Å²) in [5, 5.41) is 0.451. The maximum absolute atomic E-state index is 12.6. The normalized spacial score (nSPS) is 11.7. The van der Waals surface area contributed by atoms with Crippen LogP contribution in [-0.2, 0) is 9.84 Å². The second-order valence-electron chi connectivity index (χ2n) is 4.60. The summed E-state index contributed by atoms with van der Waals surface area (Å²) in [6.45, 7) is 0. The Balaban J connectivity index is 2.19. The average molecular weight is 379 g/mol. The maximum Gasteiger partial charge on any atom is 0.222 e. The fourth-order valence-electron chi connectivity index (χ4n) is 2.07. The Bertz CT molecular complexity index is 972. The maximum atomic E-state index is 12.6. The van der Waals surface area contributed by atoms with Gasteiger partial charge in [-0.3, -0.25) is 0 Å². The molecule has 1 aromatic heterocycles. The number of hydrogen-bond acceptors (Lipinski definition) is 6. The van der Waals surface area contributed by atoms with Gasteiger partial charge in [-0.15, -0.1) is 0 Å². The molecule has 0 saturated carbocycles. The number of rotatable bonds is 2. The van der Waals surface area contributed by atoms with Crippen LogP contribution in [0.1, 0.15) is 0 Å². The van der Waals surface area contributed by atoms with Gasteiger partial charge in [0.15, 0.2) is 0 Å². The number of hydrogen-bond donors (Lipinski definition) is 2. The highest BCUT2D eigenvalue weighted by Gasteiger charge is 2.18. The zero-order valence-corrected chi connectivity index (χ0v) is 13.6. The van der Waals surface area contributed by atoms with Gasteiger partial charge in [-0.05, 0) is 42.5 Å². The molecule has 8 heteroatoms. The molecule has 0 radical (unpaired) electrons. The summed E-state index contributed by atoms with van der Waals surface area (Å²) in [6.07, 6.45) is 0. The van der Waals surface area contributed by atoms with E-state index in [0.717, 1.165) is 4.47 Å². The molecule has 4 N–H and O–H groups in total. The molecule has 0 atom stereocenters. The van der Waals surface area contributed by atoms with Crippen molar-refractivity contribution in [2.45, 2.75) is 9.79 Å². The molecule has 6 nitrogen and oxygen atoms in total. The molecule has 0 aliphatic heterocycles. The van der Waals surface area contributed by atoms with Gasteiger partial charge < -0.3 is 11.5 Å². The van der Waals surface area contributed by atoms with E-state index >= 15 is 0 Å². The van der Waals surface area contributed by atoms with E-state index in [1.165, 1.54) is 24.3 Å². The summed E-state index contributed by atoms with van der Waals surface area (Å²) >= 11 is 3.28. The van der Waals surface area contributed by atoms with Gasteiger partial charge in [0, 0.05) is 9.86 Å². The Morgan fingerprint density at radius 1 is 0.909 bits per heavy atom. The van der Waals surface area contributed by atoms with E-state index in [2.05, 4.69) is 25.9 Å². The van der Waals surface area contributed by atoms with Crippen LogP contribution < -0.4 is 11.5 Å². The highest BCUT2D eigenvalue weighted by molar-refractivity contribution is 9.10. The third-order valence-electron chi connectivity index (χ3n) is 3.15. The van der Waals surface area contributed by atoms with Crippen molar-refractivity contribution in [2.24, 2.45) is 0 Å². The number of anilines is 2. The standard InChI is InChI=1S/C14H11BrN4O2S/c15-8-1-3-9(4-2-8)22(20,21)10-5-6-12-11(7-10)13(16)19-14(17)18-12/h1-7H,(H4,16,17,18,19). The molecule has 0 amide bonds. The first-order valence-electron chi connectivity index (χ1n) is 6.21. The first kappa shape index (κ1) is 14.7. The number of fused-ring (bicyclic) bond motifs is 1. The van der Waals surface area contributed by atoms with Crippen molar-refractivity contribution in [2.75, 3.05) is 11.5 Å². The number of sulfone groups is 1. The Kier molecular flexibility index (Phi) is 3.50. The van der Waals surface area contributed by atoms with Crippen LogP contribution in [0.3, 0.4) is 0 Å². The highest BCUT2D eigenvalue weighted by atomic mass is 79.9. The van der Waals surface area contributed by atoms with Crippen LogP contribution in [0.15, 0.2) is 56.7 Å². The first-order valence-corrected chi connectivity index (χ1v) is 8.49. The fourth-order valence-corrected chi connectivity index (χ4v) is 3.62. The smallest absolute Gasteiger partial charge is 0.222 e. The molecule has 0 saturated heterocycles. The van der Waals surface area contributed by atoms with Crippen LogP contribution >= 0.6 is 15.9 Å². The van der Waals surface area contributed by atoms with Gasteiger partial charge >= 0.3 is 0 Å². The lowest BCUT2D eigenvalue weighted by atomic mass is 10.2. The molecular weight excluding hydrogens is 368 g/mol. The quantitative estimate of drug-likeness (QED) is 0.707. The van der Waals surface area contributed by atoms with Crippen molar-refractivity contribution in [3.8, 4) is 0 Å². The summed E-state index contributed by atoms with van der Waals surface area (Å²) in [6, 6.07) is 10.9. The Hall–Kier alpha value is -2.19. The molecule has 3 aromatic rings. The van der Waals surface area contributed by atoms with E-state index in [1.807, 2.05) is 0 Å². The van der Waals surface area contributed by atoms with Crippen molar-refractivity contribution in [1.29, 1.82) is 0 Å². The SMILES string of the molecule is Nc1nc(N)c2cc(S(=O)(=O)c3ccc(Br)cc3)ccc2n1. The number of nitrogen functional groups attached to an aromatic ring is 2. The van der Waals surface area contributed by atoms with Crippen LogP contribution in [0.2, 0.25) is 0 Å². The third kappa shape index (κ3) is 2.51. The summed E-state index contributed by atoms with van der Waals surface area (Å²) in [7, 11) is -3.64. The third-order valence-corrected chi connectivity index (χ3v) is 5.44. The zero-order chi connectivity index (χ0) is 15.9. The van der Waals surface area contributed by atoms with Crippen LogP contribution in [-0.4, -0.2) is 18.4 Å². The lowest BCUT2D eigenvalue weighted by Gasteiger charge is -2.07. The van der Waals surface area contributed by atoms with Crippen molar-refractivity contribution < 1.29 is 8.42 Å². The van der Waals surface area contributed by atoms with Gasteiger partial charge in [-0.1, -0.05) is 15.9 Å².